The molecule has 186 valence electrons. The van der Waals surface area contributed by atoms with Crippen LogP contribution in [0.15, 0.2) is 30.3 Å². The van der Waals surface area contributed by atoms with Gasteiger partial charge >= 0.3 is 0 Å². The molecule has 2 aromatic carbocycles. The number of aryl methyl sites for hydroxylation is 2. The Morgan fingerprint density at radius 3 is 2.50 bits per heavy atom. The van der Waals surface area contributed by atoms with Crippen molar-refractivity contribution in [1.82, 2.24) is 10.6 Å². The maximum Gasteiger partial charge on any atom is 0.217 e. The van der Waals surface area contributed by atoms with E-state index in [9.17, 15) is 13.6 Å². The monoisotopic (exact) mass is 471 g/mol. The Morgan fingerprint density at radius 2 is 1.85 bits per heavy atom. The lowest BCUT2D eigenvalue weighted by atomic mass is 9.82. The summed E-state index contributed by atoms with van der Waals surface area (Å²) in [6, 6.07) is 7.52. The van der Waals surface area contributed by atoms with E-state index in [4.69, 9.17) is 5.73 Å². The van der Waals surface area contributed by atoms with Crippen molar-refractivity contribution in [3.8, 4) is 0 Å². The zero-order valence-electron chi connectivity index (χ0n) is 20.7. The van der Waals surface area contributed by atoms with Gasteiger partial charge in [0.15, 0.2) is 0 Å². The summed E-state index contributed by atoms with van der Waals surface area (Å²) in [5, 5.41) is 6.53. The third kappa shape index (κ3) is 7.09. The molecule has 4 N–H and O–H groups in total. The molecule has 0 unspecified atom stereocenters. The van der Waals surface area contributed by atoms with Gasteiger partial charge in [-0.3, -0.25) is 4.79 Å². The van der Waals surface area contributed by atoms with Gasteiger partial charge in [0.2, 0.25) is 5.91 Å². The minimum atomic E-state index is -0.632. The molecule has 1 aliphatic rings. The molecule has 0 aromatic heterocycles. The van der Waals surface area contributed by atoms with Crippen molar-refractivity contribution >= 4 is 5.91 Å². The van der Waals surface area contributed by atoms with Gasteiger partial charge in [-0.15, -0.1) is 0 Å². The van der Waals surface area contributed by atoms with Gasteiger partial charge in [-0.05, 0) is 84.9 Å². The number of carbonyl (C=O) groups is 1. The van der Waals surface area contributed by atoms with Crippen LogP contribution in [0.3, 0.4) is 0 Å². The quantitative estimate of drug-likeness (QED) is 0.436. The number of unbranched alkanes of at least 4 members (excludes halogenated alkanes) is 1. The lowest BCUT2D eigenvalue weighted by molar-refractivity contribution is -0.119. The van der Waals surface area contributed by atoms with E-state index >= 15 is 0 Å². The fourth-order valence-electron chi connectivity index (χ4n) is 5.06. The van der Waals surface area contributed by atoms with Crippen LogP contribution in [-0.2, 0) is 30.5 Å². The summed E-state index contributed by atoms with van der Waals surface area (Å²) in [6.07, 6.45) is 8.05. The summed E-state index contributed by atoms with van der Waals surface area (Å²) in [6.45, 7) is 6.35. The number of halogens is 2. The van der Waals surface area contributed by atoms with E-state index in [2.05, 4.69) is 36.6 Å². The predicted molar refractivity (Wildman–Crippen MR) is 134 cm³/mol. The summed E-state index contributed by atoms with van der Waals surface area (Å²) < 4.78 is 27.3. The van der Waals surface area contributed by atoms with Gasteiger partial charge in [0.1, 0.15) is 11.6 Å². The second-order valence-electron chi connectivity index (χ2n) is 9.59. The molecule has 0 saturated heterocycles. The number of nitrogens with two attached hydrogens (primary N) is 1. The number of fused-ring (bicyclic) bond motifs is 1. The van der Waals surface area contributed by atoms with Crippen molar-refractivity contribution in [3.63, 3.8) is 0 Å². The van der Waals surface area contributed by atoms with Gasteiger partial charge in [0.05, 0.1) is 0 Å². The minimum absolute atomic E-state index is 0.214. The third-order valence-corrected chi connectivity index (χ3v) is 6.82. The first-order chi connectivity index (χ1) is 16.3. The maximum absolute atomic E-state index is 13.7. The van der Waals surface area contributed by atoms with E-state index < -0.39 is 23.7 Å². The fourth-order valence-corrected chi connectivity index (χ4v) is 5.06. The van der Waals surface area contributed by atoms with Crippen molar-refractivity contribution in [3.05, 3.63) is 69.8 Å². The Kier molecular flexibility index (Phi) is 9.60. The number of amides is 1. The van der Waals surface area contributed by atoms with Crippen LogP contribution in [0, 0.1) is 11.6 Å². The Hall–Kier alpha value is -2.31. The number of benzene rings is 2. The van der Waals surface area contributed by atoms with Crippen LogP contribution in [0.25, 0.3) is 0 Å². The van der Waals surface area contributed by atoms with Crippen LogP contribution < -0.4 is 16.4 Å². The highest BCUT2D eigenvalue weighted by Crippen LogP contribution is 2.34. The third-order valence-electron chi connectivity index (χ3n) is 6.82. The Bertz CT molecular complexity index is 958. The molecule has 1 amide bonds. The molecule has 34 heavy (non-hydrogen) atoms. The summed E-state index contributed by atoms with van der Waals surface area (Å²) in [4.78, 5) is 11.8. The number of carbonyl (C=O) groups excluding carboxylic acids is 1. The van der Waals surface area contributed by atoms with Gasteiger partial charge in [-0.25, -0.2) is 8.78 Å². The number of rotatable bonds is 11. The standard InChI is InChI=1S/C28H39F2N3O/c1-4-6-8-21-11-19(5-2)14-25-24(21)9-7-10-27(25)32-17-26(31)28(33-18(3)34)15-20-12-22(29)16-23(30)13-20/h11-14,16,26-28,32H,4-10,15,17,31H2,1-3H3,(H,33,34)/t26-,27-,28-/m0/s1. The first-order valence-corrected chi connectivity index (χ1v) is 12.7. The van der Waals surface area contributed by atoms with Crippen molar-refractivity contribution in [2.75, 3.05) is 6.54 Å². The molecule has 3 rings (SSSR count). The van der Waals surface area contributed by atoms with Crippen LogP contribution >= 0.6 is 0 Å². The molecule has 3 atom stereocenters. The zero-order chi connectivity index (χ0) is 24.7. The highest BCUT2D eigenvalue weighted by Gasteiger charge is 2.25. The molecule has 1 aliphatic carbocycles. The van der Waals surface area contributed by atoms with Crippen LogP contribution in [0.5, 0.6) is 0 Å². The van der Waals surface area contributed by atoms with Gasteiger partial charge in [-0.1, -0.05) is 32.4 Å². The number of hydrogen-bond acceptors (Lipinski definition) is 3. The van der Waals surface area contributed by atoms with Crippen molar-refractivity contribution < 1.29 is 13.6 Å². The molecule has 0 fully saturated rings. The van der Waals surface area contributed by atoms with E-state index in [1.165, 1.54) is 54.2 Å². The summed E-state index contributed by atoms with van der Waals surface area (Å²) in [7, 11) is 0. The van der Waals surface area contributed by atoms with Crippen LogP contribution in [-0.4, -0.2) is 24.5 Å². The van der Waals surface area contributed by atoms with E-state index in [1.807, 2.05) is 0 Å². The van der Waals surface area contributed by atoms with E-state index in [0.717, 1.165) is 38.2 Å². The maximum atomic E-state index is 13.7. The average molecular weight is 472 g/mol. The van der Waals surface area contributed by atoms with Gasteiger partial charge in [-0.2, -0.15) is 0 Å². The topological polar surface area (TPSA) is 67.2 Å². The Morgan fingerprint density at radius 1 is 1.12 bits per heavy atom. The van der Waals surface area contributed by atoms with Gasteiger partial charge < -0.3 is 16.4 Å². The molecule has 0 saturated carbocycles. The molecule has 0 spiro atoms. The highest BCUT2D eigenvalue weighted by molar-refractivity contribution is 5.73. The lowest BCUT2D eigenvalue weighted by Gasteiger charge is -2.32. The van der Waals surface area contributed by atoms with Crippen molar-refractivity contribution in [1.29, 1.82) is 0 Å². The largest absolute Gasteiger partial charge is 0.352 e. The summed E-state index contributed by atoms with van der Waals surface area (Å²) in [5.41, 5.74) is 12.7. The SMILES string of the molecule is CCCCc1cc(CC)cc2c1CCC[C@@H]2NC[C@H](N)[C@H](Cc1cc(F)cc(F)c1)NC(C)=O. The summed E-state index contributed by atoms with van der Waals surface area (Å²) >= 11 is 0. The first-order valence-electron chi connectivity index (χ1n) is 12.7. The van der Waals surface area contributed by atoms with Crippen molar-refractivity contribution in [2.24, 2.45) is 5.73 Å². The molecule has 0 radical (unpaired) electrons. The molecule has 0 heterocycles. The average Bonchev–Trinajstić information content (AvgIpc) is 2.79. The van der Waals surface area contributed by atoms with E-state index in [-0.39, 0.29) is 18.4 Å². The Balaban J connectivity index is 1.74. The molecule has 4 nitrogen and oxygen atoms in total. The van der Waals surface area contributed by atoms with Crippen LogP contribution in [0.1, 0.15) is 80.3 Å². The van der Waals surface area contributed by atoms with Gasteiger partial charge in [0.25, 0.3) is 0 Å². The molecule has 6 heteroatoms. The van der Waals surface area contributed by atoms with Crippen molar-refractivity contribution in [2.45, 2.75) is 90.3 Å². The van der Waals surface area contributed by atoms with Crippen LogP contribution in [0.4, 0.5) is 8.78 Å². The molecular weight excluding hydrogens is 432 g/mol. The normalized spacial score (nSPS) is 17.2. The van der Waals surface area contributed by atoms with E-state index in [1.54, 1.807) is 0 Å². The number of hydrogen-bond donors (Lipinski definition) is 3. The molecule has 0 aliphatic heterocycles. The predicted octanol–water partition coefficient (Wildman–Crippen LogP) is 4.91. The molecular formula is C28H39F2N3O. The van der Waals surface area contributed by atoms with Crippen LogP contribution in [0.2, 0.25) is 0 Å². The first kappa shape index (κ1) is 26.3. The summed E-state index contributed by atoms with van der Waals surface area (Å²) in [5.74, 6) is -1.48. The smallest absolute Gasteiger partial charge is 0.217 e. The Labute approximate surface area is 202 Å². The second-order valence-corrected chi connectivity index (χ2v) is 9.59. The lowest BCUT2D eigenvalue weighted by Crippen LogP contribution is -2.53. The van der Waals surface area contributed by atoms with E-state index in [0.29, 0.717) is 12.1 Å². The highest BCUT2D eigenvalue weighted by atomic mass is 19.1. The zero-order valence-corrected chi connectivity index (χ0v) is 20.7. The second kappa shape index (κ2) is 12.4. The minimum Gasteiger partial charge on any atom is -0.352 e. The molecule has 2 aromatic rings. The number of nitrogens with one attached hydrogen (secondary N) is 2. The van der Waals surface area contributed by atoms with Gasteiger partial charge in [0, 0.05) is 37.7 Å². The fraction of sp³-hybridized carbons (Fsp3) is 0.536. The molecule has 0 bridgehead atoms.